The predicted molar refractivity (Wildman–Crippen MR) is 71.6 cm³/mol. The van der Waals surface area contributed by atoms with Crippen LogP contribution in [-0.2, 0) is 0 Å². The van der Waals surface area contributed by atoms with Crippen LogP contribution in [0.3, 0.4) is 0 Å². The fourth-order valence-electron chi connectivity index (χ4n) is 1.81. The first-order valence-corrected chi connectivity index (χ1v) is 5.70. The van der Waals surface area contributed by atoms with Crippen LogP contribution in [0, 0.1) is 0 Å². The Bertz CT molecular complexity index is 562. The fourth-order valence-corrected chi connectivity index (χ4v) is 1.81. The summed E-state index contributed by atoms with van der Waals surface area (Å²) in [6, 6.07) is 14.7. The normalized spacial score (nSPS) is 10.1. The van der Waals surface area contributed by atoms with Crippen molar-refractivity contribution < 1.29 is 9.90 Å². The Kier molecular flexibility index (Phi) is 3.33. The van der Waals surface area contributed by atoms with Crippen molar-refractivity contribution in [3.8, 4) is 16.9 Å². The molecule has 0 atom stereocenters. The summed E-state index contributed by atoms with van der Waals surface area (Å²) in [7, 11) is 3.33. The van der Waals surface area contributed by atoms with Crippen LogP contribution in [0.15, 0.2) is 48.5 Å². The Balaban J connectivity index is 2.52. The van der Waals surface area contributed by atoms with E-state index in [1.807, 2.05) is 30.3 Å². The van der Waals surface area contributed by atoms with Crippen LogP contribution in [0.1, 0.15) is 10.4 Å². The Hall–Kier alpha value is -2.29. The van der Waals surface area contributed by atoms with E-state index in [-0.39, 0.29) is 11.7 Å². The number of aromatic hydroxyl groups is 1. The maximum absolute atomic E-state index is 11.9. The molecule has 0 aliphatic carbocycles. The summed E-state index contributed by atoms with van der Waals surface area (Å²) in [5.74, 6) is -0.173. The fraction of sp³-hybridized carbons (Fsp3) is 0.133. The average Bonchev–Trinajstić information content (AvgIpc) is 2.39. The van der Waals surface area contributed by atoms with E-state index in [1.54, 1.807) is 32.3 Å². The van der Waals surface area contributed by atoms with Gasteiger partial charge in [-0.05, 0) is 11.6 Å². The average molecular weight is 241 g/mol. The number of hydrogen-bond donors (Lipinski definition) is 1. The summed E-state index contributed by atoms with van der Waals surface area (Å²) in [5, 5.41) is 10.2. The van der Waals surface area contributed by atoms with Gasteiger partial charge in [-0.1, -0.05) is 42.5 Å². The van der Waals surface area contributed by atoms with E-state index in [2.05, 4.69) is 0 Å². The van der Waals surface area contributed by atoms with Gasteiger partial charge in [-0.3, -0.25) is 4.79 Å². The second kappa shape index (κ2) is 4.92. The summed E-state index contributed by atoms with van der Waals surface area (Å²) in [6.45, 7) is 0. The molecule has 0 bridgehead atoms. The van der Waals surface area contributed by atoms with Gasteiger partial charge in [0.1, 0.15) is 5.75 Å². The molecule has 0 aliphatic rings. The number of nitrogens with zero attached hydrogens (tertiary/aromatic N) is 1. The lowest BCUT2D eigenvalue weighted by atomic mass is 10.0. The first-order chi connectivity index (χ1) is 8.61. The number of carbonyl (C=O) groups is 1. The van der Waals surface area contributed by atoms with Crippen LogP contribution in [0.2, 0.25) is 0 Å². The number of phenolic OH excluding ortho intramolecular Hbond substituents is 1. The molecular formula is C15H15NO2. The van der Waals surface area contributed by atoms with Crippen molar-refractivity contribution in [3.63, 3.8) is 0 Å². The van der Waals surface area contributed by atoms with Gasteiger partial charge >= 0.3 is 0 Å². The lowest BCUT2D eigenvalue weighted by molar-refractivity contribution is 0.0824. The molecular weight excluding hydrogens is 226 g/mol. The minimum atomic E-state index is -0.203. The number of benzene rings is 2. The van der Waals surface area contributed by atoms with E-state index < -0.39 is 0 Å². The zero-order valence-electron chi connectivity index (χ0n) is 10.4. The Labute approximate surface area is 106 Å². The number of amides is 1. The van der Waals surface area contributed by atoms with E-state index in [0.717, 1.165) is 5.56 Å². The number of carbonyl (C=O) groups excluding carboxylic acids is 1. The van der Waals surface area contributed by atoms with Gasteiger partial charge in [0.15, 0.2) is 0 Å². The second-order valence-electron chi connectivity index (χ2n) is 4.27. The van der Waals surface area contributed by atoms with Gasteiger partial charge < -0.3 is 10.0 Å². The molecule has 2 aromatic carbocycles. The summed E-state index contributed by atoms with van der Waals surface area (Å²) in [4.78, 5) is 13.4. The summed E-state index contributed by atoms with van der Waals surface area (Å²) in [6.07, 6.45) is 0. The Morgan fingerprint density at radius 2 is 1.67 bits per heavy atom. The minimum Gasteiger partial charge on any atom is -0.506 e. The van der Waals surface area contributed by atoms with Gasteiger partial charge in [0.05, 0.1) is 5.56 Å². The molecule has 3 nitrogen and oxygen atoms in total. The van der Waals surface area contributed by atoms with Crippen molar-refractivity contribution in [1.29, 1.82) is 0 Å². The number of hydrogen-bond acceptors (Lipinski definition) is 2. The maximum Gasteiger partial charge on any atom is 0.257 e. The van der Waals surface area contributed by atoms with Gasteiger partial charge in [0.2, 0.25) is 0 Å². The van der Waals surface area contributed by atoms with Crippen LogP contribution in [0.5, 0.6) is 5.75 Å². The van der Waals surface area contributed by atoms with E-state index >= 15 is 0 Å². The predicted octanol–water partition coefficient (Wildman–Crippen LogP) is 2.76. The Morgan fingerprint density at radius 1 is 1.00 bits per heavy atom. The molecule has 1 N–H and O–H groups in total. The quantitative estimate of drug-likeness (QED) is 0.878. The smallest absolute Gasteiger partial charge is 0.257 e. The third kappa shape index (κ3) is 2.20. The van der Waals surface area contributed by atoms with E-state index in [9.17, 15) is 9.90 Å². The van der Waals surface area contributed by atoms with Crippen molar-refractivity contribution in [1.82, 2.24) is 4.90 Å². The molecule has 2 rings (SSSR count). The second-order valence-corrected chi connectivity index (χ2v) is 4.27. The molecule has 18 heavy (non-hydrogen) atoms. The SMILES string of the molecule is CN(C)C(=O)c1cccc(-c2ccccc2)c1O. The molecule has 0 aromatic heterocycles. The van der Waals surface area contributed by atoms with Crippen LogP contribution >= 0.6 is 0 Å². The molecule has 0 saturated heterocycles. The highest BCUT2D eigenvalue weighted by Crippen LogP contribution is 2.32. The molecule has 0 aliphatic heterocycles. The molecule has 0 saturated carbocycles. The van der Waals surface area contributed by atoms with Crippen LogP contribution in [0.25, 0.3) is 11.1 Å². The molecule has 2 aromatic rings. The molecule has 92 valence electrons. The van der Waals surface area contributed by atoms with Crippen molar-refractivity contribution in [2.24, 2.45) is 0 Å². The molecule has 0 fully saturated rings. The first kappa shape index (κ1) is 12.2. The van der Waals surface area contributed by atoms with Gasteiger partial charge in [0, 0.05) is 19.7 Å². The van der Waals surface area contributed by atoms with Gasteiger partial charge in [0.25, 0.3) is 5.91 Å². The molecule has 0 heterocycles. The molecule has 1 amide bonds. The molecule has 0 spiro atoms. The van der Waals surface area contributed by atoms with Gasteiger partial charge in [-0.15, -0.1) is 0 Å². The van der Waals surface area contributed by atoms with Crippen LogP contribution < -0.4 is 0 Å². The molecule has 0 unspecified atom stereocenters. The van der Waals surface area contributed by atoms with E-state index in [1.165, 1.54) is 4.90 Å². The minimum absolute atomic E-state index is 0.0300. The number of rotatable bonds is 2. The topological polar surface area (TPSA) is 40.5 Å². The number of phenols is 1. The number of para-hydroxylation sites is 1. The monoisotopic (exact) mass is 241 g/mol. The van der Waals surface area contributed by atoms with Crippen LogP contribution in [0.4, 0.5) is 0 Å². The highest BCUT2D eigenvalue weighted by atomic mass is 16.3. The van der Waals surface area contributed by atoms with Gasteiger partial charge in [-0.25, -0.2) is 0 Å². The highest BCUT2D eigenvalue weighted by molar-refractivity contribution is 5.98. The van der Waals surface area contributed by atoms with Crippen molar-refractivity contribution in [2.45, 2.75) is 0 Å². The zero-order chi connectivity index (χ0) is 13.1. The lowest BCUT2D eigenvalue weighted by Gasteiger charge is -2.13. The summed E-state index contributed by atoms with van der Waals surface area (Å²) in [5.41, 5.74) is 1.88. The molecule has 3 heteroatoms. The third-order valence-corrected chi connectivity index (χ3v) is 2.76. The molecule has 0 radical (unpaired) electrons. The van der Waals surface area contributed by atoms with Crippen molar-refractivity contribution >= 4 is 5.91 Å². The van der Waals surface area contributed by atoms with Crippen molar-refractivity contribution in [2.75, 3.05) is 14.1 Å². The summed E-state index contributed by atoms with van der Waals surface area (Å²) >= 11 is 0. The van der Waals surface area contributed by atoms with Crippen molar-refractivity contribution in [3.05, 3.63) is 54.1 Å². The summed E-state index contributed by atoms with van der Waals surface area (Å²) < 4.78 is 0. The lowest BCUT2D eigenvalue weighted by Crippen LogP contribution is -2.21. The van der Waals surface area contributed by atoms with E-state index in [4.69, 9.17) is 0 Å². The van der Waals surface area contributed by atoms with Crippen LogP contribution in [-0.4, -0.2) is 30.0 Å². The van der Waals surface area contributed by atoms with E-state index in [0.29, 0.717) is 11.1 Å². The maximum atomic E-state index is 11.9. The highest BCUT2D eigenvalue weighted by Gasteiger charge is 2.16. The standard InChI is InChI=1S/C15H15NO2/c1-16(2)15(18)13-10-6-9-12(14(13)17)11-7-4-3-5-8-11/h3-10,17H,1-2H3. The Morgan fingerprint density at radius 3 is 2.28 bits per heavy atom. The van der Waals surface area contributed by atoms with Gasteiger partial charge in [-0.2, -0.15) is 0 Å². The zero-order valence-corrected chi connectivity index (χ0v) is 10.4. The third-order valence-electron chi connectivity index (χ3n) is 2.76. The largest absolute Gasteiger partial charge is 0.506 e. The first-order valence-electron chi connectivity index (χ1n) is 5.70.